The number of hydrogen-bond acceptors (Lipinski definition) is 3. The Labute approximate surface area is 120 Å². The Morgan fingerprint density at radius 1 is 1.25 bits per heavy atom. The molecular formula is C17H20N2O. The van der Waals surface area contributed by atoms with Gasteiger partial charge in [0.05, 0.1) is 13.2 Å². The summed E-state index contributed by atoms with van der Waals surface area (Å²) < 4.78 is 5.50. The van der Waals surface area contributed by atoms with Crippen LogP contribution in [0.5, 0.6) is 0 Å². The Bertz CT molecular complexity index is 568. The largest absolute Gasteiger partial charge is 0.372 e. The minimum atomic E-state index is 0.329. The highest BCUT2D eigenvalue weighted by molar-refractivity contribution is 5.35. The lowest BCUT2D eigenvalue weighted by Gasteiger charge is -2.19. The molecule has 0 bridgehead atoms. The van der Waals surface area contributed by atoms with Crippen molar-refractivity contribution < 1.29 is 4.74 Å². The third-order valence-electron chi connectivity index (χ3n) is 3.76. The van der Waals surface area contributed by atoms with Crippen LogP contribution in [0.25, 0.3) is 0 Å². The van der Waals surface area contributed by atoms with Crippen LogP contribution in [0, 0.1) is 0 Å². The zero-order valence-corrected chi connectivity index (χ0v) is 11.8. The molecule has 3 nitrogen and oxygen atoms in total. The fourth-order valence-corrected chi connectivity index (χ4v) is 2.72. The van der Waals surface area contributed by atoms with Crippen molar-refractivity contribution in [2.75, 3.05) is 6.54 Å². The predicted octanol–water partition coefficient (Wildman–Crippen LogP) is 3.01. The van der Waals surface area contributed by atoms with Crippen LogP contribution in [0.1, 0.15) is 35.2 Å². The molecular weight excluding hydrogens is 248 g/mol. The van der Waals surface area contributed by atoms with Crippen LogP contribution in [-0.4, -0.2) is 11.5 Å². The fraction of sp³-hybridized carbons (Fsp3) is 0.353. The first-order valence-corrected chi connectivity index (χ1v) is 7.18. The average Bonchev–Trinajstić information content (AvgIpc) is 2.95. The first-order valence-electron chi connectivity index (χ1n) is 7.18. The summed E-state index contributed by atoms with van der Waals surface area (Å²) >= 11 is 0. The summed E-state index contributed by atoms with van der Waals surface area (Å²) in [5, 5.41) is 3.57. The van der Waals surface area contributed by atoms with Crippen LogP contribution in [0.15, 0.2) is 42.7 Å². The Balaban J connectivity index is 1.83. The summed E-state index contributed by atoms with van der Waals surface area (Å²) in [4.78, 5) is 4.20. The van der Waals surface area contributed by atoms with Crippen molar-refractivity contribution in [2.45, 2.75) is 32.6 Å². The third kappa shape index (κ3) is 2.89. The molecule has 1 N–H and O–H groups in total. The quantitative estimate of drug-likeness (QED) is 0.905. The topological polar surface area (TPSA) is 34.2 Å². The van der Waals surface area contributed by atoms with Crippen LogP contribution in [0.2, 0.25) is 0 Å². The maximum absolute atomic E-state index is 5.50. The first-order chi connectivity index (χ1) is 9.86. The van der Waals surface area contributed by atoms with E-state index in [1.807, 2.05) is 18.5 Å². The van der Waals surface area contributed by atoms with Gasteiger partial charge in [0.15, 0.2) is 0 Å². The molecule has 0 spiro atoms. The third-order valence-corrected chi connectivity index (χ3v) is 3.76. The Hall–Kier alpha value is -1.71. The van der Waals surface area contributed by atoms with E-state index >= 15 is 0 Å². The van der Waals surface area contributed by atoms with E-state index in [1.54, 1.807) is 0 Å². The van der Waals surface area contributed by atoms with Crippen molar-refractivity contribution in [3.8, 4) is 0 Å². The molecule has 0 fully saturated rings. The highest BCUT2D eigenvalue weighted by Gasteiger charge is 2.16. The molecule has 1 aliphatic rings. The summed E-state index contributed by atoms with van der Waals surface area (Å²) in [6, 6.07) is 11.2. The molecule has 1 aliphatic heterocycles. The van der Waals surface area contributed by atoms with E-state index in [-0.39, 0.29) is 0 Å². The summed E-state index contributed by atoms with van der Waals surface area (Å²) in [6.07, 6.45) is 4.72. The van der Waals surface area contributed by atoms with Crippen LogP contribution in [0.3, 0.4) is 0 Å². The minimum Gasteiger partial charge on any atom is -0.372 e. The highest BCUT2D eigenvalue weighted by Crippen LogP contribution is 2.25. The lowest BCUT2D eigenvalue weighted by atomic mass is 9.96. The normalized spacial score (nSPS) is 15.1. The number of benzene rings is 1. The number of ether oxygens (including phenoxy) is 1. The van der Waals surface area contributed by atoms with Gasteiger partial charge in [-0.25, -0.2) is 0 Å². The van der Waals surface area contributed by atoms with Gasteiger partial charge in [-0.05, 0) is 41.3 Å². The molecule has 3 rings (SSSR count). The molecule has 1 atom stereocenters. The monoisotopic (exact) mass is 268 g/mol. The molecule has 0 saturated heterocycles. The Morgan fingerprint density at radius 3 is 2.95 bits per heavy atom. The van der Waals surface area contributed by atoms with Gasteiger partial charge in [-0.2, -0.15) is 0 Å². The number of fused-ring (bicyclic) bond motifs is 1. The van der Waals surface area contributed by atoms with Gasteiger partial charge >= 0.3 is 0 Å². The summed E-state index contributed by atoms with van der Waals surface area (Å²) in [5.41, 5.74) is 5.25. The minimum absolute atomic E-state index is 0.329. The smallest absolute Gasteiger partial charge is 0.0725 e. The van der Waals surface area contributed by atoms with Crippen molar-refractivity contribution >= 4 is 0 Å². The van der Waals surface area contributed by atoms with Crippen molar-refractivity contribution in [1.29, 1.82) is 0 Å². The SMILES string of the molecule is CCNC(Cc1cccnc1)c1ccc2c(c1)COC2. The molecule has 2 aromatic rings. The van der Waals surface area contributed by atoms with Gasteiger partial charge in [-0.15, -0.1) is 0 Å². The maximum atomic E-state index is 5.50. The lowest BCUT2D eigenvalue weighted by molar-refractivity contribution is 0.134. The van der Waals surface area contributed by atoms with E-state index in [9.17, 15) is 0 Å². The second kappa shape index (κ2) is 6.16. The molecule has 1 aromatic carbocycles. The molecule has 0 radical (unpaired) electrons. The fourth-order valence-electron chi connectivity index (χ4n) is 2.72. The lowest BCUT2D eigenvalue weighted by Crippen LogP contribution is -2.23. The second-order valence-electron chi connectivity index (χ2n) is 5.20. The number of pyridine rings is 1. The van der Waals surface area contributed by atoms with Crippen molar-refractivity contribution in [3.63, 3.8) is 0 Å². The van der Waals surface area contributed by atoms with Gasteiger partial charge in [0.2, 0.25) is 0 Å². The van der Waals surface area contributed by atoms with Crippen molar-refractivity contribution in [1.82, 2.24) is 10.3 Å². The Kier molecular flexibility index (Phi) is 4.09. The number of nitrogens with zero attached hydrogens (tertiary/aromatic N) is 1. The van der Waals surface area contributed by atoms with Gasteiger partial charge < -0.3 is 10.1 Å². The summed E-state index contributed by atoms with van der Waals surface area (Å²) in [7, 11) is 0. The molecule has 2 heterocycles. The molecule has 104 valence electrons. The van der Waals surface area contributed by atoms with Crippen molar-refractivity contribution in [3.05, 3.63) is 65.0 Å². The van der Waals surface area contributed by atoms with Gasteiger partial charge in [0.25, 0.3) is 0 Å². The van der Waals surface area contributed by atoms with E-state index in [0.717, 1.165) is 26.2 Å². The van der Waals surface area contributed by atoms with Gasteiger partial charge in [0.1, 0.15) is 0 Å². The number of nitrogens with one attached hydrogen (secondary N) is 1. The maximum Gasteiger partial charge on any atom is 0.0725 e. The summed E-state index contributed by atoms with van der Waals surface area (Å²) in [5.74, 6) is 0. The van der Waals surface area contributed by atoms with E-state index in [0.29, 0.717) is 6.04 Å². The molecule has 0 amide bonds. The van der Waals surface area contributed by atoms with Gasteiger partial charge in [0, 0.05) is 18.4 Å². The second-order valence-corrected chi connectivity index (χ2v) is 5.20. The molecule has 1 unspecified atom stereocenters. The van der Waals surface area contributed by atoms with Crippen LogP contribution < -0.4 is 5.32 Å². The Morgan fingerprint density at radius 2 is 2.15 bits per heavy atom. The van der Waals surface area contributed by atoms with Crippen LogP contribution >= 0.6 is 0 Å². The molecule has 0 saturated carbocycles. The number of likely N-dealkylation sites (N-methyl/N-ethyl adjacent to an activating group) is 1. The van der Waals surface area contributed by atoms with E-state index in [1.165, 1.54) is 22.3 Å². The van der Waals surface area contributed by atoms with E-state index in [2.05, 4.69) is 41.5 Å². The van der Waals surface area contributed by atoms with Gasteiger partial charge in [-0.3, -0.25) is 4.98 Å². The van der Waals surface area contributed by atoms with E-state index in [4.69, 9.17) is 4.74 Å². The molecule has 0 aliphatic carbocycles. The first kappa shape index (κ1) is 13.3. The van der Waals surface area contributed by atoms with Crippen LogP contribution in [-0.2, 0) is 24.4 Å². The molecule has 20 heavy (non-hydrogen) atoms. The number of rotatable bonds is 5. The standard InChI is InChI=1S/C17H20N2O/c1-2-19-17(8-13-4-3-7-18-10-13)14-5-6-15-11-20-12-16(15)9-14/h3-7,9-10,17,19H,2,8,11-12H2,1H3. The predicted molar refractivity (Wildman–Crippen MR) is 79.3 cm³/mol. The highest BCUT2D eigenvalue weighted by atomic mass is 16.5. The van der Waals surface area contributed by atoms with E-state index < -0.39 is 0 Å². The van der Waals surface area contributed by atoms with Gasteiger partial charge in [-0.1, -0.05) is 31.2 Å². The average molecular weight is 268 g/mol. The zero-order valence-electron chi connectivity index (χ0n) is 11.8. The zero-order chi connectivity index (χ0) is 13.8. The number of aromatic nitrogens is 1. The summed E-state index contributed by atoms with van der Waals surface area (Å²) in [6.45, 7) is 4.60. The number of hydrogen-bond donors (Lipinski definition) is 1. The molecule has 1 aromatic heterocycles. The van der Waals surface area contributed by atoms with Crippen LogP contribution in [0.4, 0.5) is 0 Å². The molecule has 3 heteroatoms. The van der Waals surface area contributed by atoms with Crippen molar-refractivity contribution in [2.24, 2.45) is 0 Å².